The number of rotatable bonds is 4. The van der Waals surface area contributed by atoms with Crippen LogP contribution in [-0.4, -0.2) is 6.04 Å². The number of hydrogen-bond donors (Lipinski definition) is 1. The number of benzene rings is 2. The molecule has 0 aromatic heterocycles. The molecule has 2 aromatic rings. The van der Waals surface area contributed by atoms with Crippen LogP contribution in [0.25, 0.3) is 11.1 Å². The summed E-state index contributed by atoms with van der Waals surface area (Å²) in [5.41, 5.74) is 2.65. The molecule has 0 amide bonds. The van der Waals surface area contributed by atoms with Crippen LogP contribution in [0.15, 0.2) is 36.4 Å². The Balaban J connectivity index is 2.29. The Morgan fingerprint density at radius 1 is 1.00 bits per heavy atom. The van der Waals surface area contributed by atoms with Crippen LogP contribution in [0, 0.1) is 5.82 Å². The molecule has 0 saturated heterocycles. The van der Waals surface area contributed by atoms with Crippen molar-refractivity contribution in [2.24, 2.45) is 0 Å². The summed E-state index contributed by atoms with van der Waals surface area (Å²) < 4.78 is 13.1. The largest absolute Gasteiger partial charge is 0.310 e. The highest BCUT2D eigenvalue weighted by atomic mass is 35.5. The zero-order valence-electron chi connectivity index (χ0n) is 11.4. The molecule has 4 heteroatoms. The lowest BCUT2D eigenvalue weighted by molar-refractivity contribution is 0.589. The highest BCUT2D eigenvalue weighted by molar-refractivity contribution is 6.36. The lowest BCUT2D eigenvalue weighted by atomic mass is 10.0. The van der Waals surface area contributed by atoms with E-state index in [0.717, 1.165) is 23.2 Å². The van der Waals surface area contributed by atoms with Gasteiger partial charge in [-0.3, -0.25) is 0 Å². The first-order valence-electron chi connectivity index (χ1n) is 6.44. The Morgan fingerprint density at radius 2 is 1.60 bits per heavy atom. The molecule has 0 aliphatic heterocycles. The number of hydrogen-bond acceptors (Lipinski definition) is 1. The van der Waals surface area contributed by atoms with Gasteiger partial charge in [-0.25, -0.2) is 4.39 Å². The van der Waals surface area contributed by atoms with Crippen molar-refractivity contribution in [1.82, 2.24) is 5.32 Å². The Kier molecular flexibility index (Phi) is 5.03. The van der Waals surface area contributed by atoms with Gasteiger partial charge in [0.05, 0.1) is 5.02 Å². The van der Waals surface area contributed by atoms with Gasteiger partial charge in [-0.05, 0) is 29.8 Å². The molecule has 106 valence electrons. The molecule has 2 aromatic carbocycles. The van der Waals surface area contributed by atoms with Crippen LogP contribution >= 0.6 is 23.2 Å². The van der Waals surface area contributed by atoms with Crippen molar-refractivity contribution >= 4 is 23.2 Å². The fourth-order valence-electron chi connectivity index (χ4n) is 1.92. The summed E-state index contributed by atoms with van der Waals surface area (Å²) >= 11 is 12.4. The molecule has 20 heavy (non-hydrogen) atoms. The predicted octanol–water partition coefficient (Wildman–Crippen LogP) is 5.30. The van der Waals surface area contributed by atoms with E-state index in [-0.39, 0.29) is 5.82 Å². The van der Waals surface area contributed by atoms with Gasteiger partial charge in [-0.2, -0.15) is 0 Å². The molecule has 1 N–H and O–H groups in total. The van der Waals surface area contributed by atoms with Gasteiger partial charge in [-0.15, -0.1) is 0 Å². The molecule has 0 fully saturated rings. The minimum atomic E-state index is -0.354. The van der Waals surface area contributed by atoms with Crippen molar-refractivity contribution in [2.45, 2.75) is 26.4 Å². The third-order valence-electron chi connectivity index (χ3n) is 2.97. The van der Waals surface area contributed by atoms with Gasteiger partial charge >= 0.3 is 0 Å². The van der Waals surface area contributed by atoms with Crippen LogP contribution in [-0.2, 0) is 6.54 Å². The highest BCUT2D eigenvalue weighted by Gasteiger charge is 2.09. The second kappa shape index (κ2) is 6.57. The van der Waals surface area contributed by atoms with E-state index in [1.54, 1.807) is 6.07 Å². The smallest absolute Gasteiger partial charge is 0.124 e. The highest BCUT2D eigenvalue weighted by Crippen LogP contribution is 2.34. The van der Waals surface area contributed by atoms with Crippen molar-refractivity contribution in [3.63, 3.8) is 0 Å². The summed E-state index contributed by atoms with van der Waals surface area (Å²) in [7, 11) is 0. The topological polar surface area (TPSA) is 12.0 Å². The predicted molar refractivity (Wildman–Crippen MR) is 83.8 cm³/mol. The molecule has 0 spiro atoms. The third kappa shape index (κ3) is 3.72. The van der Waals surface area contributed by atoms with Gasteiger partial charge in [0.1, 0.15) is 5.82 Å². The molecular formula is C16H16Cl2FN. The maximum atomic E-state index is 13.1. The van der Waals surface area contributed by atoms with E-state index in [9.17, 15) is 4.39 Å². The average molecular weight is 312 g/mol. The minimum Gasteiger partial charge on any atom is -0.310 e. The van der Waals surface area contributed by atoms with Crippen molar-refractivity contribution in [1.29, 1.82) is 0 Å². The normalized spacial score (nSPS) is 11.1. The van der Waals surface area contributed by atoms with Crippen molar-refractivity contribution < 1.29 is 4.39 Å². The molecule has 2 rings (SSSR count). The van der Waals surface area contributed by atoms with E-state index in [2.05, 4.69) is 19.2 Å². The quantitative estimate of drug-likeness (QED) is 0.808. The first-order chi connectivity index (χ1) is 9.47. The van der Waals surface area contributed by atoms with Crippen molar-refractivity contribution in [3.8, 4) is 11.1 Å². The summed E-state index contributed by atoms with van der Waals surface area (Å²) in [6.45, 7) is 4.94. The molecule has 0 aliphatic rings. The van der Waals surface area contributed by atoms with Gasteiger partial charge < -0.3 is 5.32 Å². The Bertz CT molecular complexity index is 611. The summed E-state index contributed by atoms with van der Waals surface area (Å²) in [6.07, 6.45) is 0. The monoisotopic (exact) mass is 311 g/mol. The zero-order chi connectivity index (χ0) is 14.7. The molecule has 0 bridgehead atoms. The van der Waals surface area contributed by atoms with E-state index < -0.39 is 0 Å². The van der Waals surface area contributed by atoms with Gasteiger partial charge in [0, 0.05) is 28.7 Å². The Labute approximate surface area is 128 Å². The van der Waals surface area contributed by atoms with Gasteiger partial charge in [0.25, 0.3) is 0 Å². The summed E-state index contributed by atoms with van der Waals surface area (Å²) in [6, 6.07) is 10.6. The molecule has 0 heterocycles. The van der Waals surface area contributed by atoms with Gasteiger partial charge in [0.2, 0.25) is 0 Å². The van der Waals surface area contributed by atoms with Crippen LogP contribution < -0.4 is 5.32 Å². The molecule has 0 saturated carbocycles. The lowest BCUT2D eigenvalue weighted by Crippen LogP contribution is -2.21. The Hall–Kier alpha value is -1.09. The molecular weight excluding hydrogens is 296 g/mol. The second-order valence-electron chi connectivity index (χ2n) is 4.97. The van der Waals surface area contributed by atoms with Gasteiger partial charge in [0.15, 0.2) is 0 Å². The first-order valence-corrected chi connectivity index (χ1v) is 7.20. The molecule has 1 nitrogen and oxygen atoms in total. The minimum absolute atomic E-state index is 0.354. The van der Waals surface area contributed by atoms with E-state index in [1.807, 2.05) is 18.2 Å². The summed E-state index contributed by atoms with van der Waals surface area (Å²) in [5, 5.41) is 4.31. The average Bonchev–Trinajstić information content (AvgIpc) is 2.37. The van der Waals surface area contributed by atoms with Crippen molar-refractivity contribution in [2.75, 3.05) is 0 Å². The molecule has 0 unspecified atom stereocenters. The van der Waals surface area contributed by atoms with Crippen LogP contribution in [0.2, 0.25) is 10.0 Å². The van der Waals surface area contributed by atoms with Crippen LogP contribution in [0.1, 0.15) is 19.4 Å². The van der Waals surface area contributed by atoms with Crippen LogP contribution in [0.3, 0.4) is 0 Å². The van der Waals surface area contributed by atoms with Crippen LogP contribution in [0.4, 0.5) is 4.39 Å². The standard InChI is InChI=1S/C16H16Cl2FN/c1-10(2)20-9-11-3-5-13(15(17)7-11)14-6-4-12(19)8-16(14)18/h3-8,10,20H,9H2,1-2H3. The summed E-state index contributed by atoms with van der Waals surface area (Å²) in [5.74, 6) is -0.354. The third-order valence-corrected chi connectivity index (χ3v) is 3.59. The SMILES string of the molecule is CC(C)NCc1ccc(-c2ccc(F)cc2Cl)c(Cl)c1. The fourth-order valence-corrected chi connectivity index (χ4v) is 2.49. The number of nitrogens with one attached hydrogen (secondary N) is 1. The maximum absolute atomic E-state index is 13.1. The van der Waals surface area contributed by atoms with E-state index >= 15 is 0 Å². The lowest BCUT2D eigenvalue weighted by Gasteiger charge is -2.11. The number of halogens is 3. The molecule has 0 aliphatic carbocycles. The Morgan fingerprint density at radius 3 is 2.15 bits per heavy atom. The molecule has 0 atom stereocenters. The maximum Gasteiger partial charge on any atom is 0.124 e. The van der Waals surface area contributed by atoms with Crippen LogP contribution in [0.5, 0.6) is 0 Å². The van der Waals surface area contributed by atoms with E-state index in [1.165, 1.54) is 12.1 Å². The fraction of sp³-hybridized carbons (Fsp3) is 0.250. The second-order valence-corrected chi connectivity index (χ2v) is 5.79. The van der Waals surface area contributed by atoms with E-state index in [4.69, 9.17) is 23.2 Å². The van der Waals surface area contributed by atoms with E-state index in [0.29, 0.717) is 16.1 Å². The molecule has 0 radical (unpaired) electrons. The summed E-state index contributed by atoms with van der Waals surface area (Å²) in [4.78, 5) is 0. The first kappa shape index (κ1) is 15.3. The van der Waals surface area contributed by atoms with Gasteiger partial charge in [-0.1, -0.05) is 49.2 Å². The zero-order valence-corrected chi connectivity index (χ0v) is 12.9. The van der Waals surface area contributed by atoms with Crippen molar-refractivity contribution in [3.05, 3.63) is 57.8 Å².